The predicted molar refractivity (Wildman–Crippen MR) is 84.9 cm³/mol. The topological polar surface area (TPSA) is 66.5 Å². The molecular weight excluding hydrogens is 292 g/mol. The second kappa shape index (κ2) is 6.76. The summed E-state index contributed by atoms with van der Waals surface area (Å²) in [5.74, 6) is 0.625. The second-order valence-corrected chi connectivity index (χ2v) is 6.51. The fourth-order valence-corrected chi connectivity index (χ4v) is 3.90. The molecule has 0 radical (unpaired) electrons. The first-order valence-electron chi connectivity index (χ1n) is 8.63. The molecule has 2 aliphatic rings. The van der Waals surface area contributed by atoms with Gasteiger partial charge in [-0.25, -0.2) is 0 Å². The first kappa shape index (κ1) is 16.1. The van der Waals surface area contributed by atoms with Crippen LogP contribution in [0.2, 0.25) is 0 Å². The number of aryl methyl sites for hydroxylation is 1. The number of nitrogens with zero attached hydrogens (tertiary/aromatic N) is 2. The molecule has 2 saturated heterocycles. The predicted octanol–water partition coefficient (Wildman–Crippen LogP) is 3.30. The van der Waals surface area contributed by atoms with Crippen LogP contribution in [0, 0.1) is 11.3 Å². The Hall–Kier alpha value is -1.80. The van der Waals surface area contributed by atoms with Crippen molar-refractivity contribution in [2.75, 3.05) is 13.2 Å². The van der Waals surface area contributed by atoms with Crippen LogP contribution in [0.3, 0.4) is 0 Å². The number of rotatable bonds is 3. The van der Waals surface area contributed by atoms with E-state index in [4.69, 9.17) is 9.15 Å². The Kier molecular flexibility index (Phi) is 4.72. The van der Waals surface area contributed by atoms with Crippen molar-refractivity contribution in [3.8, 4) is 6.07 Å². The van der Waals surface area contributed by atoms with Gasteiger partial charge in [0.05, 0.1) is 17.9 Å². The molecule has 0 aromatic carbocycles. The summed E-state index contributed by atoms with van der Waals surface area (Å²) in [6.07, 6.45) is 7.93. The Morgan fingerprint density at radius 2 is 2.26 bits per heavy atom. The van der Waals surface area contributed by atoms with Crippen LogP contribution >= 0.6 is 0 Å². The van der Waals surface area contributed by atoms with Crippen molar-refractivity contribution in [1.82, 2.24) is 4.90 Å². The molecule has 2 atom stereocenters. The summed E-state index contributed by atoms with van der Waals surface area (Å²) >= 11 is 0. The Morgan fingerprint density at radius 3 is 2.96 bits per heavy atom. The average molecular weight is 316 g/mol. The summed E-state index contributed by atoms with van der Waals surface area (Å²) in [6, 6.07) is 3.58. The van der Waals surface area contributed by atoms with Crippen LogP contribution in [0.4, 0.5) is 0 Å². The van der Waals surface area contributed by atoms with Gasteiger partial charge in [0.25, 0.3) is 5.91 Å². The maximum Gasteiger partial charge on any atom is 0.258 e. The van der Waals surface area contributed by atoms with Crippen molar-refractivity contribution in [3.05, 3.63) is 23.7 Å². The molecule has 1 amide bonds. The molecule has 3 rings (SSSR count). The van der Waals surface area contributed by atoms with Crippen molar-refractivity contribution < 1.29 is 13.9 Å². The van der Waals surface area contributed by atoms with Crippen molar-refractivity contribution in [2.24, 2.45) is 0 Å². The van der Waals surface area contributed by atoms with Crippen molar-refractivity contribution in [1.29, 1.82) is 5.26 Å². The van der Waals surface area contributed by atoms with Gasteiger partial charge >= 0.3 is 0 Å². The van der Waals surface area contributed by atoms with Gasteiger partial charge in [0, 0.05) is 19.6 Å². The largest absolute Gasteiger partial charge is 0.469 e. The number of carbonyl (C=O) groups is 1. The van der Waals surface area contributed by atoms with E-state index in [1.165, 1.54) is 0 Å². The molecule has 2 aliphatic heterocycles. The quantitative estimate of drug-likeness (QED) is 0.858. The van der Waals surface area contributed by atoms with Gasteiger partial charge in [-0.1, -0.05) is 6.92 Å². The third kappa shape index (κ3) is 2.88. The number of ether oxygens (including phenoxy) is 1. The molecule has 124 valence electrons. The van der Waals surface area contributed by atoms with Crippen LogP contribution in [0.15, 0.2) is 16.7 Å². The number of nitriles is 1. The lowest BCUT2D eigenvalue weighted by atomic mass is 9.79. The van der Waals surface area contributed by atoms with Gasteiger partial charge in [-0.2, -0.15) is 5.26 Å². The molecule has 0 aliphatic carbocycles. The fraction of sp³-hybridized carbons (Fsp3) is 0.667. The van der Waals surface area contributed by atoms with Crippen molar-refractivity contribution in [2.45, 2.75) is 63.5 Å². The minimum atomic E-state index is -0.506. The van der Waals surface area contributed by atoms with Crippen LogP contribution in [-0.4, -0.2) is 35.6 Å². The van der Waals surface area contributed by atoms with E-state index in [2.05, 4.69) is 13.0 Å². The number of hydrogen-bond donors (Lipinski definition) is 0. The van der Waals surface area contributed by atoms with Crippen LogP contribution < -0.4 is 0 Å². The Balaban J connectivity index is 1.87. The minimum Gasteiger partial charge on any atom is -0.469 e. The summed E-state index contributed by atoms with van der Waals surface area (Å²) < 4.78 is 11.5. The molecule has 0 unspecified atom stereocenters. The first-order valence-corrected chi connectivity index (χ1v) is 8.63. The summed E-state index contributed by atoms with van der Waals surface area (Å²) in [6.45, 7) is 3.35. The van der Waals surface area contributed by atoms with Crippen molar-refractivity contribution >= 4 is 5.91 Å². The monoisotopic (exact) mass is 316 g/mol. The zero-order valence-corrected chi connectivity index (χ0v) is 13.7. The zero-order valence-electron chi connectivity index (χ0n) is 13.7. The van der Waals surface area contributed by atoms with E-state index in [0.717, 1.165) is 50.7 Å². The van der Waals surface area contributed by atoms with E-state index in [9.17, 15) is 10.1 Å². The number of carbonyl (C=O) groups excluding carboxylic acids is 1. The van der Waals surface area contributed by atoms with E-state index < -0.39 is 11.6 Å². The molecule has 1 aromatic rings. The van der Waals surface area contributed by atoms with Gasteiger partial charge in [0.2, 0.25) is 0 Å². The molecule has 2 fully saturated rings. The number of hydrogen-bond acceptors (Lipinski definition) is 4. The Bertz CT molecular complexity index is 590. The van der Waals surface area contributed by atoms with Gasteiger partial charge in [-0.3, -0.25) is 4.79 Å². The highest BCUT2D eigenvalue weighted by Crippen LogP contribution is 2.39. The number of likely N-dealkylation sites (tertiary alicyclic amines) is 1. The normalized spacial score (nSPS) is 27.8. The molecule has 0 saturated carbocycles. The number of amides is 1. The fourth-order valence-electron chi connectivity index (χ4n) is 3.90. The lowest BCUT2D eigenvalue weighted by Crippen LogP contribution is -2.60. The van der Waals surface area contributed by atoms with Gasteiger partial charge < -0.3 is 14.1 Å². The van der Waals surface area contributed by atoms with Crippen LogP contribution in [0.1, 0.15) is 61.6 Å². The lowest BCUT2D eigenvalue weighted by molar-refractivity contribution is -0.128. The van der Waals surface area contributed by atoms with Crippen molar-refractivity contribution in [3.63, 3.8) is 0 Å². The average Bonchev–Trinajstić information content (AvgIpc) is 3.03. The molecule has 0 bridgehead atoms. The Morgan fingerprint density at radius 1 is 1.43 bits per heavy atom. The summed E-state index contributed by atoms with van der Waals surface area (Å²) in [5.41, 5.74) is 0.121. The van der Waals surface area contributed by atoms with Crippen LogP contribution in [-0.2, 0) is 11.2 Å². The molecule has 3 heterocycles. The smallest absolute Gasteiger partial charge is 0.258 e. The highest BCUT2D eigenvalue weighted by atomic mass is 16.5. The van der Waals surface area contributed by atoms with E-state index in [-0.39, 0.29) is 5.91 Å². The maximum atomic E-state index is 13.0. The zero-order chi connectivity index (χ0) is 16.3. The third-order valence-corrected chi connectivity index (χ3v) is 5.03. The number of furan rings is 1. The molecule has 5 nitrogen and oxygen atoms in total. The SMILES string of the molecule is CCCc1occc1C(=O)N1CCC[C@]2(CCCCO2)[C@@H]1C#N. The van der Waals surface area contributed by atoms with E-state index >= 15 is 0 Å². The second-order valence-electron chi connectivity index (χ2n) is 6.51. The van der Waals surface area contributed by atoms with Crippen LogP contribution in [0.25, 0.3) is 0 Å². The highest BCUT2D eigenvalue weighted by molar-refractivity contribution is 5.95. The molecule has 1 aromatic heterocycles. The maximum absolute atomic E-state index is 13.0. The lowest BCUT2D eigenvalue weighted by Gasteiger charge is -2.48. The third-order valence-electron chi connectivity index (χ3n) is 5.03. The highest BCUT2D eigenvalue weighted by Gasteiger charge is 2.48. The van der Waals surface area contributed by atoms with Gasteiger partial charge in [-0.15, -0.1) is 0 Å². The summed E-state index contributed by atoms with van der Waals surface area (Å²) in [4.78, 5) is 14.7. The standard InChI is InChI=1S/C18H24N2O3/c1-2-6-15-14(7-12-22-15)17(21)20-10-5-9-18(16(20)13-19)8-3-4-11-23-18/h7,12,16H,2-6,8-11H2,1H3/t16-,18+/m0/s1. The van der Waals surface area contributed by atoms with E-state index in [1.54, 1.807) is 17.2 Å². The van der Waals surface area contributed by atoms with E-state index in [1.807, 2.05) is 0 Å². The van der Waals surface area contributed by atoms with Crippen LogP contribution in [0.5, 0.6) is 0 Å². The molecule has 5 heteroatoms. The minimum absolute atomic E-state index is 0.0954. The number of piperidine rings is 1. The summed E-state index contributed by atoms with van der Waals surface area (Å²) in [5, 5.41) is 9.75. The molecular formula is C18H24N2O3. The van der Waals surface area contributed by atoms with Gasteiger partial charge in [0.1, 0.15) is 17.4 Å². The Labute approximate surface area is 137 Å². The molecule has 1 spiro atoms. The molecule has 23 heavy (non-hydrogen) atoms. The van der Waals surface area contributed by atoms with Gasteiger partial charge in [-0.05, 0) is 44.6 Å². The molecule has 0 N–H and O–H groups in total. The van der Waals surface area contributed by atoms with Gasteiger partial charge in [0.15, 0.2) is 0 Å². The van der Waals surface area contributed by atoms with E-state index in [0.29, 0.717) is 18.7 Å². The summed E-state index contributed by atoms with van der Waals surface area (Å²) in [7, 11) is 0. The first-order chi connectivity index (χ1) is 11.2.